The molecule has 2 aliphatic rings. The van der Waals surface area contributed by atoms with Gasteiger partial charge < -0.3 is 51.0 Å². The second kappa shape index (κ2) is 24.8. The van der Waals surface area contributed by atoms with Crippen molar-refractivity contribution in [2.75, 3.05) is 20.8 Å². The molecule has 0 unspecified atom stereocenters. The molecule has 0 spiro atoms. The highest BCUT2D eigenvalue weighted by atomic mass is 32.3. The van der Waals surface area contributed by atoms with Gasteiger partial charge in [-0.15, -0.1) is 0 Å². The van der Waals surface area contributed by atoms with Gasteiger partial charge in [0.2, 0.25) is 23.6 Å². The number of likely N-dealkylation sites (N-methyl/N-ethyl adjacent to an activating group) is 1. The quantitative estimate of drug-likeness (QED) is 0.0724. The molecule has 2 saturated heterocycles. The zero-order valence-electron chi connectivity index (χ0n) is 39.7. The first kappa shape index (κ1) is 55.3. The van der Waals surface area contributed by atoms with Crippen LogP contribution in [0.15, 0.2) is 72.4 Å². The summed E-state index contributed by atoms with van der Waals surface area (Å²) in [6.07, 6.45) is -3.84. The zero-order chi connectivity index (χ0) is 51.3. The van der Waals surface area contributed by atoms with E-state index in [1.807, 2.05) is 0 Å². The topological polar surface area (TPSA) is 305 Å². The minimum atomic E-state index is -4.98. The number of cyclic esters (lactones) is 1. The van der Waals surface area contributed by atoms with Gasteiger partial charge in [-0.3, -0.25) is 38.1 Å². The maximum Gasteiger partial charge on any atom is 0.397 e. The van der Waals surface area contributed by atoms with Gasteiger partial charge in [0.05, 0.1) is 0 Å². The van der Waals surface area contributed by atoms with Crippen LogP contribution in [0.5, 0.6) is 0 Å². The van der Waals surface area contributed by atoms with Gasteiger partial charge in [0.25, 0.3) is 17.7 Å². The van der Waals surface area contributed by atoms with Gasteiger partial charge in [0.1, 0.15) is 60.9 Å². The number of aliphatic hydroxyl groups is 1. The molecule has 4 rings (SSSR count). The number of esters is 1. The number of carbonyl (C=O) groups is 8. The van der Waals surface area contributed by atoms with Crippen LogP contribution in [0.25, 0.3) is 0 Å². The number of ether oxygens (including phenoxy) is 2. The lowest BCUT2D eigenvalue weighted by Crippen LogP contribution is -2.64. The molecule has 2 bridgehead atoms. The molecule has 2 aromatic carbocycles. The summed E-state index contributed by atoms with van der Waals surface area (Å²) in [5.74, 6) is -8.95. The van der Waals surface area contributed by atoms with E-state index in [1.54, 1.807) is 74.5 Å². The molecule has 2 aromatic rings. The molecule has 0 radical (unpaired) electrons. The Morgan fingerprint density at radius 3 is 1.97 bits per heavy atom. The number of piperidine rings is 1. The molecule has 0 saturated carbocycles. The number of nitrogens with one attached hydrogen (secondary N) is 5. The first-order valence-corrected chi connectivity index (χ1v) is 23.7. The zero-order valence-corrected chi connectivity index (χ0v) is 40.6. The number of amides is 7. The van der Waals surface area contributed by atoms with Crippen molar-refractivity contribution < 1.29 is 70.1 Å². The fourth-order valence-corrected chi connectivity index (χ4v) is 8.07. The van der Waals surface area contributed by atoms with Crippen molar-refractivity contribution in [3.8, 4) is 0 Å². The van der Waals surface area contributed by atoms with E-state index in [9.17, 15) is 51.9 Å². The Labute approximate surface area is 401 Å². The molecule has 0 aliphatic carbocycles. The molecule has 69 heavy (non-hydrogen) atoms. The Kier molecular flexibility index (Phi) is 19.9. The summed E-state index contributed by atoms with van der Waals surface area (Å²) in [5, 5.41) is 24.0. The molecular formula is C46H63N7O15S. The second-order valence-electron chi connectivity index (χ2n) is 17.4. The Morgan fingerprint density at radius 1 is 0.870 bits per heavy atom. The van der Waals surface area contributed by atoms with Crippen LogP contribution in [0.4, 0.5) is 0 Å². The number of allylic oxidation sites excluding steroid dienone is 1. The van der Waals surface area contributed by atoms with Crippen LogP contribution in [-0.4, -0.2) is 151 Å². The molecule has 378 valence electrons. The van der Waals surface area contributed by atoms with Gasteiger partial charge in [0, 0.05) is 27.0 Å². The fraction of sp³-hybridized carbons (Fsp3) is 0.522. The fourth-order valence-electron chi connectivity index (χ4n) is 7.77. The number of nitrogens with zero attached hydrogens (tertiary/aromatic N) is 2. The van der Waals surface area contributed by atoms with Crippen molar-refractivity contribution in [1.82, 2.24) is 36.4 Å². The van der Waals surface area contributed by atoms with Gasteiger partial charge in [-0.05, 0) is 49.7 Å². The Bertz CT molecular complexity index is 2320. The second-order valence-corrected chi connectivity index (χ2v) is 18.5. The molecule has 7 amide bonds. The predicted octanol–water partition coefficient (Wildman–Crippen LogP) is -0.341. The standard InChI is InChI=1S/C46H63N7O15S/c1-9-30-39(55)48-31-20-21-35(54)53(44(31)60)33(23-29-18-14-11-15-19-29)45(61)52(7)32(22-28-16-12-10-13-17-28)40(56)50-37(26(4)5)46(62)68-27(6)38(43(59)47-30)51-42(58)36(25(2)3)49-41(57)34(66-8)24-67-69(63,64)65/h9-19,25-27,31-38,54H,20-24H2,1-8H3,(H,47,59)(H,48,55)(H,49,57)(H,50,56)(H,51,58)(H,63,64,65)/b30-9-/t27-,31+,32+,33+,34-,35-,36+,37+,38+/m1/s1. The normalized spacial score (nSPS) is 25.1. The number of benzene rings is 2. The van der Waals surface area contributed by atoms with Crippen LogP contribution in [0, 0.1) is 11.8 Å². The molecular weight excluding hydrogens is 923 g/mol. The van der Waals surface area contributed by atoms with Crippen molar-refractivity contribution in [2.24, 2.45) is 11.8 Å². The highest BCUT2D eigenvalue weighted by molar-refractivity contribution is 7.80. The number of aliphatic hydroxyl groups excluding tert-OH is 1. The SMILES string of the molecule is C/C=C1\NC(=O)[C@@H](NC(=O)[C@@H](NC(=O)[C@@H](COS(=O)(=O)O)OC)C(C)C)[C@@H](C)OC(=O)[C@H](C(C)C)NC(=O)[C@H](Cc2ccccc2)N(C)C(=O)[C@H](Cc2ccccc2)N2C(=O)[C@H](CC[C@H]2O)NC1=O. The first-order valence-electron chi connectivity index (χ1n) is 22.4. The highest BCUT2D eigenvalue weighted by Crippen LogP contribution is 2.25. The molecule has 2 heterocycles. The van der Waals surface area contributed by atoms with Crippen LogP contribution in [-0.2, 0) is 75.3 Å². The van der Waals surface area contributed by atoms with Crippen molar-refractivity contribution in [1.29, 1.82) is 0 Å². The van der Waals surface area contributed by atoms with E-state index < -0.39 is 137 Å². The predicted molar refractivity (Wildman–Crippen MR) is 246 cm³/mol. The average Bonchev–Trinajstić information content (AvgIpc) is 3.29. The van der Waals surface area contributed by atoms with E-state index in [0.717, 1.165) is 16.9 Å². The summed E-state index contributed by atoms with van der Waals surface area (Å²) in [5.41, 5.74) is 0.833. The van der Waals surface area contributed by atoms with Crippen molar-refractivity contribution >= 4 is 57.7 Å². The van der Waals surface area contributed by atoms with Gasteiger partial charge >= 0.3 is 16.4 Å². The summed E-state index contributed by atoms with van der Waals surface area (Å²) < 4.78 is 46.4. The minimum absolute atomic E-state index is 0.0644. The number of methoxy groups -OCH3 is 1. The van der Waals surface area contributed by atoms with Gasteiger partial charge in [0.15, 0.2) is 6.10 Å². The number of hydrogen-bond acceptors (Lipinski definition) is 14. The lowest BCUT2D eigenvalue weighted by molar-refractivity contribution is -0.165. The van der Waals surface area contributed by atoms with Crippen molar-refractivity contribution in [3.63, 3.8) is 0 Å². The molecule has 22 nitrogen and oxygen atoms in total. The van der Waals surface area contributed by atoms with E-state index in [2.05, 4.69) is 30.8 Å². The van der Waals surface area contributed by atoms with E-state index in [4.69, 9.17) is 14.0 Å². The van der Waals surface area contributed by atoms with Gasteiger partial charge in [-0.2, -0.15) is 8.42 Å². The summed E-state index contributed by atoms with van der Waals surface area (Å²) in [6.45, 7) is 7.96. The molecule has 23 heteroatoms. The Morgan fingerprint density at radius 2 is 1.45 bits per heavy atom. The highest BCUT2D eigenvalue weighted by Gasteiger charge is 2.45. The smallest absolute Gasteiger partial charge is 0.397 e. The molecule has 9 atom stereocenters. The van der Waals surface area contributed by atoms with Crippen molar-refractivity contribution in [3.05, 3.63) is 83.6 Å². The van der Waals surface area contributed by atoms with Crippen LogP contribution >= 0.6 is 0 Å². The average molecular weight is 986 g/mol. The summed E-state index contributed by atoms with van der Waals surface area (Å²) in [7, 11) is -2.56. The lowest BCUT2D eigenvalue weighted by Gasteiger charge is -2.43. The van der Waals surface area contributed by atoms with Crippen LogP contribution in [0.3, 0.4) is 0 Å². The van der Waals surface area contributed by atoms with Gasteiger partial charge in [-0.1, -0.05) is 94.4 Å². The largest absolute Gasteiger partial charge is 0.458 e. The third kappa shape index (κ3) is 15.1. The number of fused-ring (bicyclic) bond motifs is 2. The number of rotatable bonds is 14. The molecule has 7 N–H and O–H groups in total. The molecule has 0 aromatic heterocycles. The molecule has 2 aliphatic heterocycles. The first-order chi connectivity index (χ1) is 32.5. The summed E-state index contributed by atoms with van der Waals surface area (Å²) >= 11 is 0. The molecule has 2 fully saturated rings. The third-order valence-electron chi connectivity index (χ3n) is 11.7. The van der Waals surface area contributed by atoms with E-state index in [1.165, 1.54) is 40.8 Å². The van der Waals surface area contributed by atoms with Crippen LogP contribution in [0.2, 0.25) is 0 Å². The van der Waals surface area contributed by atoms with Gasteiger partial charge in [-0.25, -0.2) is 8.98 Å². The Balaban J connectivity index is 1.81. The summed E-state index contributed by atoms with van der Waals surface area (Å²) in [6, 6.07) is 8.64. The van der Waals surface area contributed by atoms with E-state index in [0.29, 0.717) is 11.1 Å². The van der Waals surface area contributed by atoms with E-state index in [-0.39, 0.29) is 25.7 Å². The van der Waals surface area contributed by atoms with Crippen molar-refractivity contribution in [2.45, 2.75) is 122 Å². The van der Waals surface area contributed by atoms with Crippen LogP contribution < -0.4 is 26.6 Å². The van der Waals surface area contributed by atoms with Crippen LogP contribution in [0.1, 0.15) is 65.5 Å². The summed E-state index contributed by atoms with van der Waals surface area (Å²) in [4.78, 5) is 116. The van der Waals surface area contributed by atoms with E-state index >= 15 is 0 Å². The Hall–Kier alpha value is -6.27. The monoisotopic (exact) mass is 985 g/mol. The number of hydrogen-bond donors (Lipinski definition) is 7. The lowest BCUT2D eigenvalue weighted by atomic mass is 9.95. The maximum absolute atomic E-state index is 14.9. The maximum atomic E-state index is 14.9. The minimum Gasteiger partial charge on any atom is -0.458 e. The number of carbonyl (C=O) groups excluding carboxylic acids is 8. The third-order valence-corrected chi connectivity index (χ3v) is 12.2.